The SMILES string of the molecule is Cc1ccc2c(Cl)c(C(=O)Nc3[nH]c4ccccc4[nH+]3)sc2c1. The summed E-state index contributed by atoms with van der Waals surface area (Å²) in [5.74, 6) is 0.317. The summed E-state index contributed by atoms with van der Waals surface area (Å²) < 4.78 is 1.01. The Kier molecular flexibility index (Phi) is 3.32. The molecule has 0 aliphatic carbocycles. The quantitative estimate of drug-likeness (QED) is 0.557. The number of fused-ring (bicyclic) bond motifs is 2. The number of H-pyrrole nitrogens is 2. The van der Waals surface area contributed by atoms with Crippen LogP contribution in [0.3, 0.4) is 0 Å². The van der Waals surface area contributed by atoms with Gasteiger partial charge >= 0.3 is 11.9 Å². The molecule has 0 saturated heterocycles. The van der Waals surface area contributed by atoms with E-state index in [-0.39, 0.29) is 5.91 Å². The maximum absolute atomic E-state index is 12.5. The van der Waals surface area contributed by atoms with Crippen molar-refractivity contribution in [2.24, 2.45) is 0 Å². The number of hydrogen-bond donors (Lipinski definition) is 2. The Labute approximate surface area is 141 Å². The van der Waals surface area contributed by atoms with Crippen molar-refractivity contribution >= 4 is 55.9 Å². The lowest BCUT2D eigenvalue weighted by molar-refractivity contribution is -0.326. The highest BCUT2D eigenvalue weighted by molar-refractivity contribution is 7.21. The van der Waals surface area contributed by atoms with E-state index in [1.165, 1.54) is 11.3 Å². The van der Waals surface area contributed by atoms with E-state index in [0.29, 0.717) is 15.8 Å². The fraction of sp³-hybridized carbons (Fsp3) is 0.0588. The molecule has 2 aromatic heterocycles. The Morgan fingerprint density at radius 2 is 2.09 bits per heavy atom. The number of halogens is 1. The maximum atomic E-state index is 12.5. The zero-order valence-electron chi connectivity index (χ0n) is 12.2. The zero-order valence-corrected chi connectivity index (χ0v) is 13.8. The number of amides is 1. The number of thiophene rings is 1. The molecule has 2 heterocycles. The zero-order chi connectivity index (χ0) is 16.0. The highest BCUT2D eigenvalue weighted by Crippen LogP contribution is 2.36. The number of carbonyl (C=O) groups excluding carboxylic acids is 1. The first-order valence-electron chi connectivity index (χ1n) is 7.12. The number of nitrogens with one attached hydrogen (secondary N) is 3. The average Bonchev–Trinajstić information content (AvgIpc) is 3.07. The van der Waals surface area contributed by atoms with E-state index in [1.807, 2.05) is 49.4 Å². The summed E-state index contributed by atoms with van der Waals surface area (Å²) in [6.45, 7) is 2.02. The van der Waals surface area contributed by atoms with Crippen LogP contribution in [0.1, 0.15) is 15.2 Å². The summed E-state index contributed by atoms with van der Waals surface area (Å²) in [4.78, 5) is 19.3. The third-order valence-corrected chi connectivity index (χ3v) is 5.33. The van der Waals surface area contributed by atoms with E-state index in [9.17, 15) is 4.79 Å². The first kappa shape index (κ1) is 14.2. The second-order valence-electron chi connectivity index (χ2n) is 5.37. The highest BCUT2D eigenvalue weighted by atomic mass is 35.5. The molecular formula is C17H13ClN3OS+. The summed E-state index contributed by atoms with van der Waals surface area (Å²) in [6.07, 6.45) is 0. The Morgan fingerprint density at radius 3 is 2.91 bits per heavy atom. The minimum Gasteiger partial charge on any atom is -0.249 e. The molecule has 1 amide bonds. The van der Waals surface area contributed by atoms with Gasteiger partial charge in [-0.25, -0.2) is 20.1 Å². The second kappa shape index (κ2) is 5.37. The van der Waals surface area contributed by atoms with Gasteiger partial charge in [0.15, 0.2) is 0 Å². The Bertz CT molecular complexity index is 1020. The van der Waals surface area contributed by atoms with E-state index in [4.69, 9.17) is 11.6 Å². The van der Waals surface area contributed by atoms with Crippen molar-refractivity contribution in [3.63, 3.8) is 0 Å². The van der Waals surface area contributed by atoms with Gasteiger partial charge in [-0.15, -0.1) is 11.3 Å². The Hall–Kier alpha value is -2.37. The summed E-state index contributed by atoms with van der Waals surface area (Å²) in [7, 11) is 0. The maximum Gasteiger partial charge on any atom is 0.361 e. The minimum absolute atomic E-state index is 0.225. The number of carbonyl (C=O) groups is 1. The van der Waals surface area contributed by atoms with Crippen molar-refractivity contribution in [1.82, 2.24) is 4.98 Å². The van der Waals surface area contributed by atoms with Gasteiger partial charge in [-0.1, -0.05) is 35.9 Å². The highest BCUT2D eigenvalue weighted by Gasteiger charge is 2.21. The van der Waals surface area contributed by atoms with Gasteiger partial charge in [0.1, 0.15) is 15.9 Å². The minimum atomic E-state index is -0.225. The molecule has 0 radical (unpaired) electrons. The smallest absolute Gasteiger partial charge is 0.249 e. The molecule has 23 heavy (non-hydrogen) atoms. The molecule has 2 aromatic carbocycles. The van der Waals surface area contributed by atoms with Crippen LogP contribution in [0.2, 0.25) is 5.02 Å². The fourth-order valence-electron chi connectivity index (χ4n) is 2.55. The number of anilines is 1. The van der Waals surface area contributed by atoms with E-state index in [1.54, 1.807) is 0 Å². The lowest BCUT2D eigenvalue weighted by Crippen LogP contribution is -2.17. The Balaban J connectivity index is 1.70. The molecule has 0 aliphatic heterocycles. The number of rotatable bonds is 2. The van der Waals surface area contributed by atoms with Gasteiger partial charge in [0.05, 0.1) is 5.02 Å². The molecule has 0 spiro atoms. The van der Waals surface area contributed by atoms with Gasteiger partial charge in [-0.2, -0.15) is 0 Å². The first-order chi connectivity index (χ1) is 11.1. The molecule has 0 saturated carbocycles. The largest absolute Gasteiger partial charge is 0.361 e. The van der Waals surface area contributed by atoms with E-state index in [2.05, 4.69) is 15.3 Å². The molecule has 4 nitrogen and oxygen atoms in total. The summed E-state index contributed by atoms with van der Waals surface area (Å²) >= 11 is 7.78. The van der Waals surface area contributed by atoms with Crippen molar-refractivity contribution < 1.29 is 9.78 Å². The normalized spacial score (nSPS) is 11.2. The molecule has 4 rings (SSSR count). The van der Waals surface area contributed by atoms with Crippen molar-refractivity contribution in [3.05, 3.63) is 57.9 Å². The fourth-order valence-corrected chi connectivity index (χ4v) is 4.06. The van der Waals surface area contributed by atoms with E-state index >= 15 is 0 Å². The monoisotopic (exact) mass is 342 g/mol. The molecule has 4 aromatic rings. The third kappa shape index (κ3) is 2.48. The van der Waals surface area contributed by atoms with Gasteiger partial charge in [-0.3, -0.25) is 0 Å². The number of benzene rings is 2. The molecule has 0 fully saturated rings. The van der Waals surface area contributed by atoms with Gasteiger partial charge < -0.3 is 0 Å². The number of imidazole rings is 1. The third-order valence-electron chi connectivity index (χ3n) is 3.68. The van der Waals surface area contributed by atoms with Crippen LogP contribution in [-0.2, 0) is 0 Å². The number of hydrogen-bond acceptors (Lipinski definition) is 2. The lowest BCUT2D eigenvalue weighted by Gasteiger charge is -1.94. The van der Waals surface area contributed by atoms with Crippen molar-refractivity contribution in [2.75, 3.05) is 5.32 Å². The predicted molar refractivity (Wildman–Crippen MR) is 94.4 cm³/mol. The van der Waals surface area contributed by atoms with E-state index < -0.39 is 0 Å². The van der Waals surface area contributed by atoms with Crippen LogP contribution in [0.15, 0.2) is 42.5 Å². The molecular weight excluding hydrogens is 330 g/mol. The molecule has 0 aliphatic rings. The van der Waals surface area contributed by atoms with Gasteiger partial charge in [0.2, 0.25) is 0 Å². The lowest BCUT2D eigenvalue weighted by atomic mass is 10.2. The van der Waals surface area contributed by atoms with Crippen LogP contribution in [0.25, 0.3) is 21.1 Å². The molecule has 6 heteroatoms. The summed E-state index contributed by atoms with van der Waals surface area (Å²) in [5, 5.41) is 4.25. The van der Waals surface area contributed by atoms with Gasteiger partial charge in [0, 0.05) is 10.1 Å². The average molecular weight is 343 g/mol. The van der Waals surface area contributed by atoms with Crippen LogP contribution in [0, 0.1) is 6.92 Å². The van der Waals surface area contributed by atoms with Crippen LogP contribution >= 0.6 is 22.9 Å². The molecule has 114 valence electrons. The molecule has 0 bridgehead atoms. The molecule has 3 N–H and O–H groups in total. The number of aromatic amines is 2. The number of aryl methyl sites for hydroxylation is 1. The van der Waals surface area contributed by atoms with Gasteiger partial charge in [-0.05, 0) is 30.7 Å². The first-order valence-corrected chi connectivity index (χ1v) is 8.31. The second-order valence-corrected chi connectivity index (χ2v) is 6.80. The van der Waals surface area contributed by atoms with E-state index in [0.717, 1.165) is 26.7 Å². The number of aromatic nitrogens is 2. The molecule has 0 unspecified atom stereocenters. The van der Waals surface area contributed by atoms with Crippen molar-refractivity contribution in [2.45, 2.75) is 6.92 Å². The van der Waals surface area contributed by atoms with Crippen LogP contribution < -0.4 is 10.3 Å². The standard InChI is InChI=1S/C17H12ClN3OS/c1-9-6-7-10-13(8-9)23-15(14(10)18)16(22)21-17-19-11-4-2-3-5-12(11)20-17/h2-8H,1H3,(H2,19,20,21,22)/p+1. The van der Waals surface area contributed by atoms with Crippen molar-refractivity contribution in [3.8, 4) is 0 Å². The predicted octanol–water partition coefficient (Wildman–Crippen LogP) is 4.41. The summed E-state index contributed by atoms with van der Waals surface area (Å²) in [6, 6.07) is 13.7. The number of para-hydroxylation sites is 2. The Morgan fingerprint density at radius 1 is 1.26 bits per heavy atom. The van der Waals surface area contributed by atoms with Gasteiger partial charge in [0.25, 0.3) is 0 Å². The van der Waals surface area contributed by atoms with Crippen LogP contribution in [-0.4, -0.2) is 10.9 Å². The summed E-state index contributed by atoms with van der Waals surface area (Å²) in [5.41, 5.74) is 3.01. The van der Waals surface area contributed by atoms with Crippen LogP contribution in [0.4, 0.5) is 5.95 Å². The van der Waals surface area contributed by atoms with Crippen molar-refractivity contribution in [1.29, 1.82) is 0 Å². The topological polar surface area (TPSA) is 59.0 Å². The van der Waals surface area contributed by atoms with Crippen LogP contribution in [0.5, 0.6) is 0 Å². The molecule has 0 atom stereocenters.